The number of anilines is 1. The predicted molar refractivity (Wildman–Crippen MR) is 144 cm³/mol. The molecule has 5 aliphatic rings. The molecule has 2 nitrogen and oxygen atoms in total. The zero-order valence-corrected chi connectivity index (χ0v) is 20.2. The van der Waals surface area contributed by atoms with E-state index < -0.39 is 0 Å². The summed E-state index contributed by atoms with van der Waals surface area (Å²) in [5.74, 6) is 3.43. The van der Waals surface area contributed by atoms with Crippen LogP contribution in [0.1, 0.15) is 41.9 Å². The number of rotatable bonds is 1. The Labute approximate surface area is 207 Å². The molecule has 3 aromatic carbocycles. The van der Waals surface area contributed by atoms with Gasteiger partial charge in [0, 0.05) is 23.6 Å². The van der Waals surface area contributed by atoms with Gasteiger partial charge in [0.05, 0.1) is 6.04 Å². The van der Waals surface area contributed by atoms with E-state index >= 15 is 0 Å². The lowest BCUT2D eigenvalue weighted by Crippen LogP contribution is -2.63. The molecule has 0 N–H and O–H groups in total. The first-order valence-corrected chi connectivity index (χ1v) is 13.0. The summed E-state index contributed by atoms with van der Waals surface area (Å²) < 4.78 is 6.94. The van der Waals surface area contributed by atoms with E-state index in [-0.39, 0.29) is 5.92 Å². The molecule has 3 heterocycles. The van der Waals surface area contributed by atoms with Crippen molar-refractivity contribution in [2.75, 3.05) is 4.90 Å². The molecule has 5 atom stereocenters. The highest BCUT2D eigenvalue weighted by atomic mass is 16.5. The summed E-state index contributed by atoms with van der Waals surface area (Å²) in [7, 11) is 0. The number of allylic oxidation sites excluding steroid dienone is 3. The number of benzene rings is 3. The van der Waals surface area contributed by atoms with Crippen LogP contribution in [-0.4, -0.2) is 18.8 Å². The maximum absolute atomic E-state index is 6.94. The Morgan fingerprint density at radius 3 is 2.66 bits per heavy atom. The molecular weight excluding hydrogens is 425 g/mol. The third-order valence-electron chi connectivity index (χ3n) is 9.07. The molecule has 0 bridgehead atoms. The lowest BCUT2D eigenvalue weighted by molar-refractivity contribution is 0.324. The zero-order chi connectivity index (χ0) is 23.3. The zero-order valence-electron chi connectivity index (χ0n) is 20.2. The van der Waals surface area contributed by atoms with Gasteiger partial charge in [-0.25, -0.2) is 0 Å². The van der Waals surface area contributed by atoms with E-state index in [0.717, 1.165) is 12.2 Å². The third-order valence-corrected chi connectivity index (χ3v) is 9.07. The van der Waals surface area contributed by atoms with Crippen LogP contribution in [0.4, 0.5) is 5.69 Å². The first kappa shape index (κ1) is 19.8. The lowest BCUT2D eigenvalue weighted by atomic mass is 9.27. The molecule has 3 aromatic rings. The predicted octanol–water partition coefficient (Wildman–Crippen LogP) is 6.31. The van der Waals surface area contributed by atoms with Crippen molar-refractivity contribution < 1.29 is 4.74 Å². The van der Waals surface area contributed by atoms with Crippen LogP contribution in [0.25, 0.3) is 0 Å². The Morgan fingerprint density at radius 2 is 1.77 bits per heavy atom. The Hall–Kier alpha value is -3.46. The minimum atomic E-state index is 0.276. The van der Waals surface area contributed by atoms with Crippen LogP contribution in [0.3, 0.4) is 0 Å². The Kier molecular flexibility index (Phi) is 3.98. The van der Waals surface area contributed by atoms with Crippen molar-refractivity contribution in [2.24, 2.45) is 0 Å². The number of ether oxygens (including phenoxy) is 1. The fraction of sp³-hybridized carbons (Fsp3) is 0.250. The van der Waals surface area contributed by atoms with Crippen molar-refractivity contribution in [3.8, 4) is 5.75 Å². The Balaban J connectivity index is 1.44. The molecule has 2 aliphatic carbocycles. The van der Waals surface area contributed by atoms with E-state index in [9.17, 15) is 0 Å². The van der Waals surface area contributed by atoms with E-state index in [1.165, 1.54) is 44.6 Å². The van der Waals surface area contributed by atoms with Crippen molar-refractivity contribution in [2.45, 2.75) is 50.0 Å². The summed E-state index contributed by atoms with van der Waals surface area (Å²) in [6.45, 7) is 4.81. The fourth-order valence-electron chi connectivity index (χ4n) is 7.78. The Morgan fingerprint density at radius 1 is 0.943 bits per heavy atom. The second-order valence-corrected chi connectivity index (χ2v) is 11.0. The van der Waals surface area contributed by atoms with E-state index in [1.807, 2.05) is 0 Å². The molecule has 5 unspecified atom stereocenters. The number of hydrogen-bond donors (Lipinski definition) is 0. The van der Waals surface area contributed by atoms with E-state index in [1.54, 1.807) is 0 Å². The summed E-state index contributed by atoms with van der Waals surface area (Å²) in [5, 5.41) is 0. The number of nitrogens with zero attached hydrogens (tertiary/aromatic N) is 1. The summed E-state index contributed by atoms with van der Waals surface area (Å²) in [5.41, 5.74) is 9.89. The van der Waals surface area contributed by atoms with Gasteiger partial charge in [-0.15, -0.1) is 0 Å². The number of para-hydroxylation sites is 1. The minimum Gasteiger partial charge on any atom is -0.462 e. The minimum absolute atomic E-state index is 0.276. The van der Waals surface area contributed by atoms with Crippen LogP contribution in [0, 0.1) is 6.92 Å². The summed E-state index contributed by atoms with van der Waals surface area (Å²) in [6.07, 6.45) is 8.43. The molecule has 0 spiro atoms. The van der Waals surface area contributed by atoms with Crippen molar-refractivity contribution in [1.82, 2.24) is 0 Å². The SMILES string of the molecule is CC1=CC2B3C4=C(Oc5ccc(C)cc53)C(c3ccccc3)CC3c5ccccc5N(C2C=C1)C43. The molecule has 1 fully saturated rings. The molecule has 0 amide bonds. The maximum atomic E-state index is 6.94. The van der Waals surface area contributed by atoms with Crippen molar-refractivity contribution in [3.05, 3.63) is 125 Å². The van der Waals surface area contributed by atoms with Gasteiger partial charge in [-0.05, 0) is 60.3 Å². The van der Waals surface area contributed by atoms with Gasteiger partial charge in [0.2, 0.25) is 6.71 Å². The number of hydrogen-bond acceptors (Lipinski definition) is 2. The van der Waals surface area contributed by atoms with Crippen LogP contribution in [0.15, 0.2) is 108 Å². The van der Waals surface area contributed by atoms with E-state index in [2.05, 4.69) is 110 Å². The molecule has 0 aromatic heterocycles. The molecule has 3 aliphatic heterocycles. The van der Waals surface area contributed by atoms with Crippen molar-refractivity contribution in [3.63, 3.8) is 0 Å². The van der Waals surface area contributed by atoms with Crippen molar-refractivity contribution in [1.29, 1.82) is 0 Å². The molecule has 35 heavy (non-hydrogen) atoms. The number of fused-ring (bicyclic) bond motifs is 8. The molecule has 8 rings (SSSR count). The summed E-state index contributed by atoms with van der Waals surface area (Å²) in [6, 6.07) is 27.8. The average Bonchev–Trinajstić information content (AvgIpc) is 3.22. The first-order valence-electron chi connectivity index (χ1n) is 13.0. The lowest BCUT2D eigenvalue weighted by Gasteiger charge is -2.54. The third kappa shape index (κ3) is 2.62. The van der Waals surface area contributed by atoms with Crippen LogP contribution >= 0.6 is 0 Å². The summed E-state index contributed by atoms with van der Waals surface area (Å²) >= 11 is 0. The van der Waals surface area contributed by atoms with Gasteiger partial charge in [-0.2, -0.15) is 0 Å². The maximum Gasteiger partial charge on any atom is 0.225 e. The molecule has 0 radical (unpaired) electrons. The van der Waals surface area contributed by atoms with Crippen molar-refractivity contribution >= 4 is 17.9 Å². The number of aryl methyl sites for hydroxylation is 1. The van der Waals surface area contributed by atoms with Crippen LogP contribution in [0.2, 0.25) is 5.82 Å². The highest BCUT2D eigenvalue weighted by Gasteiger charge is 2.59. The average molecular weight is 453 g/mol. The van der Waals surface area contributed by atoms with E-state index in [4.69, 9.17) is 4.74 Å². The van der Waals surface area contributed by atoms with Gasteiger partial charge in [0.1, 0.15) is 11.5 Å². The molecular formula is C32H28BNO. The molecule has 3 heteroatoms. The second-order valence-electron chi connectivity index (χ2n) is 11.0. The normalized spacial score (nSPS) is 29.1. The standard InChI is InChI=1S/C32H28BNO/c1-19-12-14-28-25(16-19)33-26-17-20(2)13-15-29(26)35-32-23(21-8-4-3-5-9-21)18-24-22-10-6-7-11-27(22)34(28)31(24)30(32)33/h3-17,23-25,28,31H,18H2,1-2H3. The fourth-order valence-corrected chi connectivity index (χ4v) is 7.78. The molecule has 0 saturated carbocycles. The van der Waals surface area contributed by atoms with Gasteiger partial charge in [-0.3, -0.25) is 0 Å². The Bertz CT molecular complexity index is 1470. The summed E-state index contributed by atoms with van der Waals surface area (Å²) in [4.78, 5) is 2.75. The monoisotopic (exact) mass is 453 g/mol. The first-order chi connectivity index (χ1) is 17.2. The van der Waals surface area contributed by atoms with Gasteiger partial charge in [0.15, 0.2) is 0 Å². The van der Waals surface area contributed by atoms with Crippen LogP contribution < -0.4 is 15.1 Å². The quantitative estimate of drug-likeness (QED) is 0.401. The topological polar surface area (TPSA) is 12.5 Å². The van der Waals surface area contributed by atoms with Gasteiger partial charge in [-0.1, -0.05) is 90.0 Å². The van der Waals surface area contributed by atoms with E-state index in [0.29, 0.717) is 30.5 Å². The smallest absolute Gasteiger partial charge is 0.225 e. The second kappa shape index (κ2) is 7.04. The molecule has 170 valence electrons. The highest BCUT2D eigenvalue weighted by Crippen LogP contribution is 2.60. The van der Waals surface area contributed by atoms with Gasteiger partial charge < -0.3 is 9.64 Å². The largest absolute Gasteiger partial charge is 0.462 e. The van der Waals surface area contributed by atoms with Gasteiger partial charge >= 0.3 is 0 Å². The van der Waals surface area contributed by atoms with Crippen LogP contribution in [0.5, 0.6) is 5.75 Å². The molecule has 1 saturated heterocycles. The van der Waals surface area contributed by atoms with Gasteiger partial charge in [0.25, 0.3) is 0 Å². The highest BCUT2D eigenvalue weighted by molar-refractivity contribution is 6.83. The van der Waals surface area contributed by atoms with Crippen LogP contribution in [-0.2, 0) is 0 Å².